The van der Waals surface area contributed by atoms with Crippen LogP contribution in [-0.2, 0) is 22.2 Å². The van der Waals surface area contributed by atoms with Crippen molar-refractivity contribution < 1.29 is 8.42 Å². The Bertz CT molecular complexity index is 710. The lowest BCUT2D eigenvalue weighted by Gasteiger charge is -2.03. The minimum Gasteiger partial charge on any atom is -0.361 e. The zero-order valence-electron chi connectivity index (χ0n) is 9.90. The van der Waals surface area contributed by atoms with Gasteiger partial charge in [-0.2, -0.15) is 5.26 Å². The van der Waals surface area contributed by atoms with Crippen LogP contribution in [0.2, 0.25) is 0 Å². The highest BCUT2D eigenvalue weighted by Crippen LogP contribution is 2.21. The van der Waals surface area contributed by atoms with E-state index in [0.29, 0.717) is 12.0 Å². The molecule has 18 heavy (non-hydrogen) atoms. The molecule has 2 rings (SSSR count). The molecule has 0 unspecified atom stereocenters. The normalized spacial score (nSPS) is 11.6. The predicted molar refractivity (Wildman–Crippen MR) is 69.3 cm³/mol. The highest BCUT2D eigenvalue weighted by molar-refractivity contribution is 7.88. The molecule has 0 radical (unpaired) electrons. The molecule has 0 atom stereocenters. The van der Waals surface area contributed by atoms with Gasteiger partial charge in [0.2, 0.25) is 10.0 Å². The maximum Gasteiger partial charge on any atom is 0.215 e. The third-order valence-electron chi connectivity index (χ3n) is 2.77. The Labute approximate surface area is 105 Å². The fourth-order valence-corrected chi connectivity index (χ4v) is 2.60. The number of sulfonamides is 1. The Morgan fingerprint density at radius 3 is 2.89 bits per heavy atom. The van der Waals surface area contributed by atoms with Crippen LogP contribution in [0.3, 0.4) is 0 Å². The molecular formula is C12H13N3O2S. The summed E-state index contributed by atoms with van der Waals surface area (Å²) in [6.07, 6.45) is 2.09. The third-order valence-corrected chi connectivity index (χ3v) is 4.10. The van der Waals surface area contributed by atoms with Gasteiger partial charge < -0.3 is 4.98 Å². The fourth-order valence-electron chi connectivity index (χ4n) is 1.84. The number of nitrogens with zero attached hydrogens (tertiary/aromatic N) is 1. The third kappa shape index (κ3) is 2.53. The molecule has 6 heteroatoms. The topological polar surface area (TPSA) is 85.8 Å². The molecule has 94 valence electrons. The van der Waals surface area contributed by atoms with E-state index in [1.54, 1.807) is 12.3 Å². The van der Waals surface area contributed by atoms with Gasteiger partial charge in [-0.25, -0.2) is 13.1 Å². The van der Waals surface area contributed by atoms with Gasteiger partial charge in [-0.15, -0.1) is 0 Å². The van der Waals surface area contributed by atoms with Gasteiger partial charge in [0, 0.05) is 17.1 Å². The highest BCUT2D eigenvalue weighted by Gasteiger charge is 2.10. The van der Waals surface area contributed by atoms with Gasteiger partial charge in [-0.05, 0) is 30.3 Å². The highest BCUT2D eigenvalue weighted by atomic mass is 32.2. The smallest absolute Gasteiger partial charge is 0.215 e. The molecule has 0 saturated carbocycles. The first-order valence-electron chi connectivity index (χ1n) is 5.43. The number of H-pyrrole nitrogens is 1. The van der Waals surface area contributed by atoms with Crippen molar-refractivity contribution in [1.29, 1.82) is 5.26 Å². The fraction of sp³-hybridized carbons (Fsp3) is 0.250. The van der Waals surface area contributed by atoms with E-state index < -0.39 is 10.0 Å². The van der Waals surface area contributed by atoms with Crippen LogP contribution >= 0.6 is 0 Å². The monoisotopic (exact) mass is 263 g/mol. The molecule has 5 nitrogen and oxygen atoms in total. The Balaban J connectivity index is 2.43. The molecular weight excluding hydrogens is 250 g/mol. The molecule has 0 fully saturated rings. The summed E-state index contributed by atoms with van der Waals surface area (Å²) in [7, 11) is -1.88. The van der Waals surface area contributed by atoms with Gasteiger partial charge in [-0.3, -0.25) is 0 Å². The second-order valence-corrected chi connectivity index (χ2v) is 5.92. The summed E-state index contributed by atoms with van der Waals surface area (Å²) in [5, 5.41) is 9.62. The SMILES string of the molecule is CNS(=O)(=O)Cc1ccc2[nH]cc(CC#N)c2c1. The van der Waals surface area contributed by atoms with Crippen molar-refractivity contribution in [3.63, 3.8) is 0 Å². The van der Waals surface area contributed by atoms with Crippen LogP contribution < -0.4 is 4.72 Å². The van der Waals surface area contributed by atoms with Crippen LogP contribution in [0.25, 0.3) is 10.9 Å². The number of nitriles is 1. The van der Waals surface area contributed by atoms with Crippen molar-refractivity contribution in [3.8, 4) is 6.07 Å². The zero-order valence-corrected chi connectivity index (χ0v) is 10.7. The number of hydrogen-bond donors (Lipinski definition) is 2. The van der Waals surface area contributed by atoms with Crippen LogP contribution in [0.15, 0.2) is 24.4 Å². The maximum absolute atomic E-state index is 11.5. The van der Waals surface area contributed by atoms with Gasteiger partial charge in [0.05, 0.1) is 18.2 Å². The van der Waals surface area contributed by atoms with Crippen LogP contribution in [0.4, 0.5) is 0 Å². The van der Waals surface area contributed by atoms with E-state index >= 15 is 0 Å². The van der Waals surface area contributed by atoms with Gasteiger partial charge >= 0.3 is 0 Å². The van der Waals surface area contributed by atoms with E-state index in [1.165, 1.54) is 7.05 Å². The van der Waals surface area contributed by atoms with Crippen molar-refractivity contribution >= 4 is 20.9 Å². The Kier molecular flexibility index (Phi) is 3.36. The molecule has 0 saturated heterocycles. The number of nitrogens with one attached hydrogen (secondary N) is 2. The van der Waals surface area contributed by atoms with E-state index in [2.05, 4.69) is 15.8 Å². The number of benzene rings is 1. The lowest BCUT2D eigenvalue weighted by molar-refractivity contribution is 0.587. The van der Waals surface area contributed by atoms with Gasteiger partial charge in [0.25, 0.3) is 0 Å². The first-order valence-corrected chi connectivity index (χ1v) is 7.08. The van der Waals surface area contributed by atoms with Gasteiger partial charge in [0.1, 0.15) is 0 Å². The van der Waals surface area contributed by atoms with E-state index in [0.717, 1.165) is 16.5 Å². The number of aromatic nitrogens is 1. The van der Waals surface area contributed by atoms with E-state index in [9.17, 15) is 8.42 Å². The zero-order chi connectivity index (χ0) is 13.2. The Morgan fingerprint density at radius 1 is 1.44 bits per heavy atom. The molecule has 1 heterocycles. The summed E-state index contributed by atoms with van der Waals surface area (Å²) in [4.78, 5) is 3.06. The number of aromatic amines is 1. The van der Waals surface area contributed by atoms with E-state index in [-0.39, 0.29) is 5.75 Å². The van der Waals surface area contributed by atoms with Crippen LogP contribution in [0, 0.1) is 11.3 Å². The average Bonchev–Trinajstić information content (AvgIpc) is 2.72. The maximum atomic E-state index is 11.5. The molecule has 1 aromatic carbocycles. The van der Waals surface area contributed by atoms with Crippen LogP contribution in [0.5, 0.6) is 0 Å². The molecule has 0 aliphatic rings. The van der Waals surface area contributed by atoms with Gasteiger partial charge in [0.15, 0.2) is 0 Å². The van der Waals surface area contributed by atoms with Crippen molar-refractivity contribution in [1.82, 2.24) is 9.71 Å². The number of rotatable bonds is 4. The lowest BCUT2D eigenvalue weighted by atomic mass is 10.1. The predicted octanol–water partition coefficient (Wildman–Crippen LogP) is 1.28. The summed E-state index contributed by atoms with van der Waals surface area (Å²) >= 11 is 0. The standard InChI is InChI=1S/C12H13N3O2S/c1-14-18(16,17)8-9-2-3-12-11(6-9)10(4-5-13)7-15-12/h2-3,6-7,14-15H,4,8H2,1H3. The number of fused-ring (bicyclic) bond motifs is 1. The van der Waals surface area contributed by atoms with Crippen LogP contribution in [0.1, 0.15) is 11.1 Å². The molecule has 0 spiro atoms. The minimum atomic E-state index is -3.27. The quantitative estimate of drug-likeness (QED) is 0.871. The molecule has 1 aromatic heterocycles. The minimum absolute atomic E-state index is 0.0589. The molecule has 0 amide bonds. The molecule has 2 aromatic rings. The van der Waals surface area contributed by atoms with Crippen molar-refractivity contribution in [2.75, 3.05) is 7.05 Å². The first-order chi connectivity index (χ1) is 8.55. The van der Waals surface area contributed by atoms with Crippen LogP contribution in [-0.4, -0.2) is 20.4 Å². The Morgan fingerprint density at radius 2 is 2.22 bits per heavy atom. The molecule has 2 N–H and O–H groups in total. The molecule has 0 bridgehead atoms. The van der Waals surface area contributed by atoms with Gasteiger partial charge in [-0.1, -0.05) is 6.07 Å². The van der Waals surface area contributed by atoms with Crippen molar-refractivity contribution in [2.24, 2.45) is 0 Å². The summed E-state index contributed by atoms with van der Waals surface area (Å²) in [6, 6.07) is 7.50. The number of hydrogen-bond acceptors (Lipinski definition) is 3. The largest absolute Gasteiger partial charge is 0.361 e. The van der Waals surface area contributed by atoms with E-state index in [1.807, 2.05) is 12.1 Å². The van der Waals surface area contributed by atoms with Crippen molar-refractivity contribution in [3.05, 3.63) is 35.5 Å². The lowest BCUT2D eigenvalue weighted by Crippen LogP contribution is -2.20. The summed E-state index contributed by atoms with van der Waals surface area (Å²) < 4.78 is 25.2. The second-order valence-electron chi connectivity index (χ2n) is 3.99. The summed E-state index contributed by atoms with van der Waals surface area (Å²) in [6.45, 7) is 0. The Hall–Kier alpha value is -1.84. The molecule has 0 aliphatic carbocycles. The summed E-state index contributed by atoms with van der Waals surface area (Å²) in [5.74, 6) is -0.0589. The average molecular weight is 263 g/mol. The first kappa shape index (κ1) is 12.6. The summed E-state index contributed by atoms with van der Waals surface area (Å²) in [5.41, 5.74) is 2.50. The second kappa shape index (κ2) is 4.80. The van der Waals surface area contributed by atoms with E-state index in [4.69, 9.17) is 5.26 Å². The van der Waals surface area contributed by atoms with Crippen molar-refractivity contribution in [2.45, 2.75) is 12.2 Å². The molecule has 0 aliphatic heterocycles.